The molecule has 0 atom stereocenters. The lowest BCUT2D eigenvalue weighted by molar-refractivity contribution is -0.00399. The van der Waals surface area contributed by atoms with Gasteiger partial charge in [0.2, 0.25) is 0 Å². The molecule has 0 aromatic heterocycles. The highest BCUT2D eigenvalue weighted by Crippen LogP contribution is 2.17. The molecule has 0 unspecified atom stereocenters. The number of para-hydroxylation sites is 1. The average Bonchev–Trinajstić information content (AvgIpc) is 2.03. The smallest absolute Gasteiger partial charge is 0.252 e. The summed E-state index contributed by atoms with van der Waals surface area (Å²) >= 11 is 0. The van der Waals surface area contributed by atoms with Gasteiger partial charge in [0.15, 0.2) is 5.75 Å². The van der Waals surface area contributed by atoms with Crippen molar-refractivity contribution in [3.8, 4) is 5.75 Å². The zero-order valence-corrected chi connectivity index (χ0v) is 7.65. The maximum absolute atomic E-state index is 10.9. The van der Waals surface area contributed by atoms with Crippen LogP contribution in [-0.4, -0.2) is 25.1 Å². The van der Waals surface area contributed by atoms with Gasteiger partial charge in [-0.05, 0) is 12.1 Å². The predicted molar refractivity (Wildman–Crippen MR) is 49.3 cm³/mol. The van der Waals surface area contributed by atoms with E-state index in [-0.39, 0.29) is 0 Å². The number of nitrogens with two attached hydrogens (primary N) is 1. The summed E-state index contributed by atoms with van der Waals surface area (Å²) in [4.78, 5) is 16.2. The fraction of sp³-hybridized carbons (Fsp3) is 0.222. The molecule has 2 N–H and O–H groups in total. The molecule has 0 aliphatic heterocycles. The van der Waals surface area contributed by atoms with Crippen LogP contribution in [0.4, 0.5) is 0 Å². The van der Waals surface area contributed by atoms with E-state index in [0.29, 0.717) is 11.3 Å². The summed E-state index contributed by atoms with van der Waals surface area (Å²) in [5, 5.41) is 1.50. The van der Waals surface area contributed by atoms with Crippen molar-refractivity contribution in [2.24, 2.45) is 5.73 Å². The molecule has 0 heterocycles. The van der Waals surface area contributed by atoms with Gasteiger partial charge in [-0.3, -0.25) is 4.79 Å². The molecule has 0 bridgehead atoms. The molecule has 0 spiro atoms. The standard InChI is InChI=1S/C9H12N2O2/c1-11(2)13-8-6-4-3-5-7(8)9(10)12/h3-6H,1-2H3,(H2,10,12). The van der Waals surface area contributed by atoms with Crippen molar-refractivity contribution in [1.29, 1.82) is 0 Å². The van der Waals surface area contributed by atoms with Crippen LogP contribution in [0.5, 0.6) is 5.75 Å². The van der Waals surface area contributed by atoms with E-state index < -0.39 is 5.91 Å². The number of amides is 1. The number of rotatable bonds is 3. The number of carbonyl (C=O) groups is 1. The van der Waals surface area contributed by atoms with E-state index in [2.05, 4.69) is 0 Å². The van der Waals surface area contributed by atoms with Crippen LogP contribution >= 0.6 is 0 Å². The zero-order valence-electron chi connectivity index (χ0n) is 7.65. The van der Waals surface area contributed by atoms with E-state index in [0.717, 1.165) is 0 Å². The van der Waals surface area contributed by atoms with E-state index in [1.807, 2.05) is 0 Å². The van der Waals surface area contributed by atoms with Crippen LogP contribution in [0, 0.1) is 0 Å². The van der Waals surface area contributed by atoms with E-state index in [1.54, 1.807) is 38.4 Å². The lowest BCUT2D eigenvalue weighted by Crippen LogP contribution is -2.20. The SMILES string of the molecule is CN(C)Oc1ccccc1C(N)=O. The zero-order chi connectivity index (χ0) is 9.84. The lowest BCUT2D eigenvalue weighted by Gasteiger charge is -2.13. The highest BCUT2D eigenvalue weighted by atomic mass is 16.7. The molecule has 0 saturated heterocycles. The summed E-state index contributed by atoms with van der Waals surface area (Å²) in [6.45, 7) is 0. The van der Waals surface area contributed by atoms with Gasteiger partial charge < -0.3 is 10.6 Å². The van der Waals surface area contributed by atoms with Crippen molar-refractivity contribution in [3.63, 3.8) is 0 Å². The van der Waals surface area contributed by atoms with E-state index >= 15 is 0 Å². The number of hydroxylamine groups is 2. The van der Waals surface area contributed by atoms with Crippen molar-refractivity contribution >= 4 is 5.91 Å². The summed E-state index contributed by atoms with van der Waals surface area (Å²) in [7, 11) is 3.47. The van der Waals surface area contributed by atoms with Gasteiger partial charge in [0, 0.05) is 14.1 Å². The third kappa shape index (κ3) is 2.45. The molecule has 13 heavy (non-hydrogen) atoms. The largest absolute Gasteiger partial charge is 0.406 e. The average molecular weight is 180 g/mol. The normalized spacial score (nSPS) is 10.1. The minimum atomic E-state index is -0.488. The third-order valence-electron chi connectivity index (χ3n) is 1.43. The first-order valence-corrected chi connectivity index (χ1v) is 3.85. The Bertz CT molecular complexity index is 310. The molecule has 1 aromatic rings. The van der Waals surface area contributed by atoms with Crippen molar-refractivity contribution in [2.75, 3.05) is 14.1 Å². The van der Waals surface area contributed by atoms with E-state index in [4.69, 9.17) is 10.6 Å². The van der Waals surface area contributed by atoms with Crippen molar-refractivity contribution in [2.45, 2.75) is 0 Å². The number of carbonyl (C=O) groups excluding carboxylic acids is 1. The maximum atomic E-state index is 10.9. The Balaban J connectivity index is 2.98. The van der Waals surface area contributed by atoms with Crippen molar-refractivity contribution in [3.05, 3.63) is 29.8 Å². The van der Waals surface area contributed by atoms with Gasteiger partial charge in [-0.15, -0.1) is 0 Å². The Morgan fingerprint density at radius 2 is 2.00 bits per heavy atom. The predicted octanol–water partition coefficient (Wildman–Crippen LogP) is 0.641. The summed E-state index contributed by atoms with van der Waals surface area (Å²) in [6, 6.07) is 6.84. The van der Waals surface area contributed by atoms with Crippen LogP contribution in [0.3, 0.4) is 0 Å². The second-order valence-electron chi connectivity index (χ2n) is 2.76. The summed E-state index contributed by atoms with van der Waals surface area (Å²) in [5.74, 6) is -0.0162. The molecule has 0 saturated carbocycles. The first-order chi connectivity index (χ1) is 6.11. The highest BCUT2D eigenvalue weighted by molar-refractivity contribution is 5.95. The number of benzene rings is 1. The van der Waals surface area contributed by atoms with Crippen LogP contribution < -0.4 is 10.6 Å². The minimum absolute atomic E-state index is 0.385. The third-order valence-corrected chi connectivity index (χ3v) is 1.43. The maximum Gasteiger partial charge on any atom is 0.252 e. The Kier molecular flexibility index (Phi) is 2.87. The highest BCUT2D eigenvalue weighted by Gasteiger charge is 2.08. The second kappa shape index (κ2) is 3.91. The Morgan fingerprint density at radius 3 is 2.54 bits per heavy atom. The van der Waals surface area contributed by atoms with Crippen LogP contribution in [0.25, 0.3) is 0 Å². The molecule has 4 heteroatoms. The molecular weight excluding hydrogens is 168 g/mol. The number of hydrogen-bond acceptors (Lipinski definition) is 3. The molecule has 0 radical (unpaired) electrons. The molecule has 4 nitrogen and oxygen atoms in total. The molecule has 0 aliphatic rings. The lowest BCUT2D eigenvalue weighted by atomic mass is 10.2. The molecule has 70 valence electrons. The van der Waals surface area contributed by atoms with Gasteiger partial charge in [0.05, 0.1) is 5.56 Å². The van der Waals surface area contributed by atoms with E-state index in [9.17, 15) is 4.79 Å². The Morgan fingerprint density at radius 1 is 1.38 bits per heavy atom. The molecule has 1 amide bonds. The molecular formula is C9H12N2O2. The minimum Gasteiger partial charge on any atom is -0.406 e. The number of nitrogens with zero attached hydrogens (tertiary/aromatic N) is 1. The van der Waals surface area contributed by atoms with Crippen LogP contribution in [-0.2, 0) is 0 Å². The van der Waals surface area contributed by atoms with Gasteiger partial charge in [-0.25, -0.2) is 0 Å². The van der Waals surface area contributed by atoms with Gasteiger partial charge in [-0.2, -0.15) is 5.06 Å². The summed E-state index contributed by atoms with van der Waals surface area (Å²) < 4.78 is 0. The molecule has 0 fully saturated rings. The Hall–Kier alpha value is -1.55. The quantitative estimate of drug-likeness (QED) is 0.694. The van der Waals surface area contributed by atoms with Gasteiger partial charge in [0.1, 0.15) is 0 Å². The topological polar surface area (TPSA) is 55.6 Å². The van der Waals surface area contributed by atoms with Gasteiger partial charge >= 0.3 is 0 Å². The second-order valence-corrected chi connectivity index (χ2v) is 2.76. The summed E-state index contributed by atoms with van der Waals surface area (Å²) in [5.41, 5.74) is 5.54. The first kappa shape index (κ1) is 9.54. The van der Waals surface area contributed by atoms with Crippen LogP contribution in [0.2, 0.25) is 0 Å². The van der Waals surface area contributed by atoms with Gasteiger partial charge in [0.25, 0.3) is 5.91 Å². The van der Waals surface area contributed by atoms with Crippen molar-refractivity contribution < 1.29 is 9.63 Å². The Labute approximate surface area is 76.9 Å². The molecule has 1 aromatic carbocycles. The van der Waals surface area contributed by atoms with E-state index in [1.165, 1.54) is 5.06 Å². The summed E-state index contributed by atoms with van der Waals surface area (Å²) in [6.07, 6.45) is 0. The fourth-order valence-electron chi connectivity index (χ4n) is 0.947. The fourth-order valence-corrected chi connectivity index (χ4v) is 0.947. The van der Waals surface area contributed by atoms with Crippen LogP contribution in [0.1, 0.15) is 10.4 Å². The number of hydrogen-bond donors (Lipinski definition) is 1. The molecule has 0 aliphatic carbocycles. The monoisotopic (exact) mass is 180 g/mol. The van der Waals surface area contributed by atoms with Crippen molar-refractivity contribution in [1.82, 2.24) is 5.06 Å². The first-order valence-electron chi connectivity index (χ1n) is 3.85. The number of primary amides is 1. The van der Waals surface area contributed by atoms with Crippen LogP contribution in [0.15, 0.2) is 24.3 Å². The van der Waals surface area contributed by atoms with Gasteiger partial charge in [-0.1, -0.05) is 12.1 Å². The molecule has 1 rings (SSSR count).